The van der Waals surface area contributed by atoms with Crippen LogP contribution in [-0.4, -0.2) is 24.1 Å². The third-order valence-corrected chi connectivity index (χ3v) is 4.51. The molecule has 0 spiro atoms. The van der Waals surface area contributed by atoms with E-state index in [0.29, 0.717) is 5.69 Å². The molecule has 6 heteroatoms. The number of nitrogens with one attached hydrogen (secondary N) is 1. The fourth-order valence-electron chi connectivity index (χ4n) is 2.84. The zero-order chi connectivity index (χ0) is 15.1. The van der Waals surface area contributed by atoms with Gasteiger partial charge in [0.15, 0.2) is 0 Å². The Hall–Kier alpha value is -1.66. The number of fused-ring (bicyclic) bond motifs is 2. The third kappa shape index (κ3) is 2.49. The van der Waals surface area contributed by atoms with Crippen molar-refractivity contribution in [1.29, 1.82) is 0 Å². The van der Waals surface area contributed by atoms with E-state index >= 15 is 0 Å². The predicted octanol–water partition coefficient (Wildman–Crippen LogP) is 1.02. The van der Waals surface area contributed by atoms with Crippen molar-refractivity contribution in [2.45, 2.75) is 19.1 Å². The molecule has 110 valence electrons. The Bertz CT molecular complexity index is 643. The fraction of sp³-hybridized carbons (Fsp3) is 0.333. The van der Waals surface area contributed by atoms with Crippen LogP contribution in [0, 0.1) is 18.8 Å². The second-order valence-corrected chi connectivity index (χ2v) is 6.15. The Balaban J connectivity index is 1.82. The minimum atomic E-state index is -1.25. The van der Waals surface area contributed by atoms with Gasteiger partial charge in [-0.15, -0.1) is 0 Å². The molecule has 3 rings (SSSR count). The van der Waals surface area contributed by atoms with Gasteiger partial charge >= 0.3 is 0 Å². The summed E-state index contributed by atoms with van der Waals surface area (Å²) < 4.78 is 6.21. The summed E-state index contributed by atoms with van der Waals surface area (Å²) in [5, 5.41) is 14.0. The summed E-state index contributed by atoms with van der Waals surface area (Å²) >= 11 is 3.38. The van der Waals surface area contributed by atoms with Crippen molar-refractivity contribution < 1.29 is 19.4 Å². The molecule has 2 aliphatic rings. The summed E-state index contributed by atoms with van der Waals surface area (Å²) in [6.45, 7) is 1.94. The molecular formula is C15H13BrNO4-. The number of amides is 1. The van der Waals surface area contributed by atoms with Gasteiger partial charge in [0.25, 0.3) is 0 Å². The molecule has 1 aromatic rings. The lowest BCUT2D eigenvalue weighted by Crippen LogP contribution is -2.45. The molecule has 4 atom stereocenters. The summed E-state index contributed by atoms with van der Waals surface area (Å²) in [7, 11) is 0. The van der Waals surface area contributed by atoms with E-state index in [9.17, 15) is 14.7 Å². The number of aryl methyl sites for hydroxylation is 1. The number of rotatable bonds is 3. The summed E-state index contributed by atoms with van der Waals surface area (Å²) in [5.74, 6) is -3.33. The Morgan fingerprint density at radius 1 is 1.24 bits per heavy atom. The number of carbonyl (C=O) groups excluding carboxylic acids is 2. The zero-order valence-electron chi connectivity index (χ0n) is 11.2. The van der Waals surface area contributed by atoms with Crippen LogP contribution in [0.4, 0.5) is 5.69 Å². The molecule has 1 saturated heterocycles. The molecule has 1 N–H and O–H groups in total. The van der Waals surface area contributed by atoms with Gasteiger partial charge in [0.2, 0.25) is 5.91 Å². The van der Waals surface area contributed by atoms with E-state index in [4.69, 9.17) is 4.74 Å². The highest BCUT2D eigenvalue weighted by Crippen LogP contribution is 2.39. The van der Waals surface area contributed by atoms with Gasteiger partial charge in [-0.25, -0.2) is 0 Å². The van der Waals surface area contributed by atoms with Crippen molar-refractivity contribution in [3.8, 4) is 0 Å². The van der Waals surface area contributed by atoms with Gasteiger partial charge < -0.3 is 20.0 Å². The average molecular weight is 351 g/mol. The van der Waals surface area contributed by atoms with Crippen LogP contribution in [0.3, 0.4) is 0 Å². The molecule has 0 unspecified atom stereocenters. The van der Waals surface area contributed by atoms with Crippen molar-refractivity contribution in [3.63, 3.8) is 0 Å². The molecule has 0 aromatic heterocycles. The van der Waals surface area contributed by atoms with Crippen molar-refractivity contribution >= 4 is 33.5 Å². The van der Waals surface area contributed by atoms with E-state index in [1.54, 1.807) is 18.2 Å². The second-order valence-electron chi connectivity index (χ2n) is 5.29. The first-order valence-electron chi connectivity index (χ1n) is 6.59. The molecule has 0 saturated carbocycles. The number of ether oxygens (including phenoxy) is 1. The van der Waals surface area contributed by atoms with E-state index in [1.165, 1.54) is 0 Å². The smallest absolute Gasteiger partial charge is 0.231 e. The lowest BCUT2D eigenvalue weighted by atomic mass is 9.82. The molecular weight excluding hydrogens is 338 g/mol. The fourth-order valence-corrected chi connectivity index (χ4v) is 3.43. The highest BCUT2D eigenvalue weighted by molar-refractivity contribution is 9.10. The van der Waals surface area contributed by atoms with Crippen LogP contribution in [-0.2, 0) is 14.3 Å². The number of carboxylic acids is 1. The number of aliphatic carboxylic acids is 1. The Morgan fingerprint density at radius 2 is 1.90 bits per heavy atom. The topological polar surface area (TPSA) is 78.5 Å². The summed E-state index contributed by atoms with van der Waals surface area (Å²) in [6.07, 6.45) is 2.34. The lowest BCUT2D eigenvalue weighted by molar-refractivity contribution is -0.313. The number of hydrogen-bond acceptors (Lipinski definition) is 4. The highest BCUT2D eigenvalue weighted by Gasteiger charge is 2.50. The minimum Gasteiger partial charge on any atom is -0.550 e. The molecule has 1 amide bonds. The highest BCUT2D eigenvalue weighted by atomic mass is 79.9. The normalized spacial score (nSPS) is 29.6. The van der Waals surface area contributed by atoms with E-state index in [1.807, 2.05) is 19.1 Å². The van der Waals surface area contributed by atoms with Gasteiger partial charge in [-0.05, 0) is 40.5 Å². The number of anilines is 1. The second kappa shape index (κ2) is 5.27. The van der Waals surface area contributed by atoms with Gasteiger partial charge in [-0.2, -0.15) is 0 Å². The number of carboxylic acid groups (broad SMARTS) is 1. The monoisotopic (exact) mass is 350 g/mol. The quantitative estimate of drug-likeness (QED) is 0.825. The molecule has 0 radical (unpaired) electrons. The summed E-state index contributed by atoms with van der Waals surface area (Å²) in [5.41, 5.74) is 1.66. The first-order chi connectivity index (χ1) is 9.97. The van der Waals surface area contributed by atoms with Crippen molar-refractivity contribution in [3.05, 3.63) is 40.4 Å². The molecule has 0 aliphatic carbocycles. The standard InChI is InChI=1S/C15H14BrNO4/c1-7-2-3-9(8(16)6-7)17-14(18)12-10-4-5-11(21-10)13(12)15(19)20/h2-6,10-13H,1H3,(H,17,18)(H,19,20)/p-1/t10-,11+,12-,13-/m0/s1. The van der Waals surface area contributed by atoms with Crippen LogP contribution in [0.15, 0.2) is 34.8 Å². The number of hydrogen-bond donors (Lipinski definition) is 1. The van der Waals surface area contributed by atoms with Crippen molar-refractivity contribution in [2.75, 3.05) is 5.32 Å². The van der Waals surface area contributed by atoms with E-state index in [2.05, 4.69) is 21.2 Å². The summed E-state index contributed by atoms with van der Waals surface area (Å²) in [4.78, 5) is 23.7. The van der Waals surface area contributed by atoms with Crippen LogP contribution < -0.4 is 10.4 Å². The van der Waals surface area contributed by atoms with E-state index < -0.39 is 30.0 Å². The lowest BCUT2D eigenvalue weighted by Gasteiger charge is -2.25. The van der Waals surface area contributed by atoms with Crippen LogP contribution in [0.1, 0.15) is 5.56 Å². The predicted molar refractivity (Wildman–Crippen MR) is 77.3 cm³/mol. The zero-order valence-corrected chi connectivity index (χ0v) is 12.8. The number of carbonyl (C=O) groups is 2. The Morgan fingerprint density at radius 3 is 2.52 bits per heavy atom. The largest absolute Gasteiger partial charge is 0.550 e. The number of benzene rings is 1. The van der Waals surface area contributed by atoms with Crippen LogP contribution in [0.25, 0.3) is 0 Å². The van der Waals surface area contributed by atoms with Gasteiger partial charge in [0.1, 0.15) is 0 Å². The molecule has 2 aliphatic heterocycles. The van der Waals surface area contributed by atoms with Crippen molar-refractivity contribution in [2.24, 2.45) is 11.8 Å². The van der Waals surface area contributed by atoms with Crippen molar-refractivity contribution in [1.82, 2.24) is 0 Å². The van der Waals surface area contributed by atoms with Gasteiger partial charge in [-0.3, -0.25) is 4.79 Å². The molecule has 2 bridgehead atoms. The third-order valence-electron chi connectivity index (χ3n) is 3.86. The van der Waals surface area contributed by atoms with Crippen LogP contribution in [0.5, 0.6) is 0 Å². The van der Waals surface area contributed by atoms with Crippen LogP contribution >= 0.6 is 15.9 Å². The maximum atomic E-state index is 12.4. The SMILES string of the molecule is Cc1ccc(NC(=O)[C@@H]2[C@@H](C(=O)[O-])[C@H]3C=C[C@@H]2O3)c(Br)c1. The first-order valence-corrected chi connectivity index (χ1v) is 7.38. The molecule has 1 fully saturated rings. The maximum absolute atomic E-state index is 12.4. The molecule has 1 aromatic carbocycles. The Labute approximate surface area is 130 Å². The summed E-state index contributed by atoms with van der Waals surface area (Å²) in [6, 6.07) is 5.52. The van der Waals surface area contributed by atoms with Gasteiger partial charge in [0.05, 0.1) is 23.8 Å². The molecule has 21 heavy (non-hydrogen) atoms. The van der Waals surface area contributed by atoms with Gasteiger partial charge in [-0.1, -0.05) is 18.2 Å². The van der Waals surface area contributed by atoms with Gasteiger partial charge in [0, 0.05) is 16.4 Å². The van der Waals surface area contributed by atoms with Crippen LogP contribution in [0.2, 0.25) is 0 Å². The Kier molecular flexibility index (Phi) is 3.59. The van der Waals surface area contributed by atoms with E-state index in [-0.39, 0.29) is 5.91 Å². The number of halogens is 1. The minimum absolute atomic E-state index is 0.370. The van der Waals surface area contributed by atoms with E-state index in [0.717, 1.165) is 10.0 Å². The maximum Gasteiger partial charge on any atom is 0.231 e. The average Bonchev–Trinajstić information content (AvgIpc) is 3.02. The molecule has 2 heterocycles. The first kappa shape index (κ1) is 14.3. The molecule has 5 nitrogen and oxygen atoms in total.